The first-order valence-electron chi connectivity index (χ1n) is 10.2. The molecule has 1 fully saturated rings. The Hall–Kier alpha value is -1.06. The molecule has 2 N–H and O–H groups in total. The van der Waals surface area contributed by atoms with Gasteiger partial charge in [-0.25, -0.2) is 0 Å². The Morgan fingerprint density at radius 3 is 2.64 bits per heavy atom. The molecule has 1 heterocycles. The van der Waals surface area contributed by atoms with Crippen LogP contribution in [0.1, 0.15) is 37.3 Å². The van der Waals surface area contributed by atoms with Gasteiger partial charge in [-0.2, -0.15) is 0 Å². The van der Waals surface area contributed by atoms with E-state index in [-0.39, 0.29) is 24.0 Å². The molecule has 0 unspecified atom stereocenters. The number of ether oxygens (including phenoxy) is 2. The number of nitrogens with zero attached hydrogens (tertiary/aromatic N) is 2. The lowest BCUT2D eigenvalue weighted by Crippen LogP contribution is -2.42. The molecule has 0 bridgehead atoms. The van der Waals surface area contributed by atoms with Gasteiger partial charge in [0, 0.05) is 38.9 Å². The second-order valence-corrected chi connectivity index (χ2v) is 6.91. The first-order valence-corrected chi connectivity index (χ1v) is 10.2. The summed E-state index contributed by atoms with van der Waals surface area (Å²) in [4.78, 5) is 6.86. The normalized spacial score (nSPS) is 15.0. The third-order valence-electron chi connectivity index (χ3n) is 4.75. The number of piperidine rings is 1. The van der Waals surface area contributed by atoms with E-state index in [1.165, 1.54) is 37.9 Å². The third kappa shape index (κ3) is 9.43. The molecule has 0 saturated carbocycles. The number of benzene rings is 1. The molecule has 0 amide bonds. The van der Waals surface area contributed by atoms with E-state index in [0.717, 1.165) is 30.4 Å². The quantitative estimate of drug-likeness (QED) is 0.222. The highest BCUT2D eigenvalue weighted by Gasteiger charge is 2.10. The summed E-state index contributed by atoms with van der Waals surface area (Å²) in [5, 5.41) is 6.81. The zero-order chi connectivity index (χ0) is 19.3. The maximum atomic E-state index is 5.91. The van der Waals surface area contributed by atoms with E-state index in [1.807, 2.05) is 14.0 Å². The second kappa shape index (κ2) is 14.9. The van der Waals surface area contributed by atoms with Crippen LogP contribution in [0.2, 0.25) is 0 Å². The van der Waals surface area contributed by atoms with E-state index in [2.05, 4.69) is 45.6 Å². The molecule has 1 aliphatic heterocycles. The minimum absolute atomic E-state index is 0. The summed E-state index contributed by atoms with van der Waals surface area (Å²) in [7, 11) is 1.81. The molecule has 7 heteroatoms. The molecule has 0 radical (unpaired) electrons. The molecule has 28 heavy (non-hydrogen) atoms. The van der Waals surface area contributed by atoms with Crippen molar-refractivity contribution in [1.29, 1.82) is 0 Å². The topological polar surface area (TPSA) is 58.1 Å². The number of hydrogen-bond donors (Lipinski definition) is 2. The largest absolute Gasteiger partial charge is 0.491 e. The van der Waals surface area contributed by atoms with Crippen molar-refractivity contribution in [3.8, 4) is 5.75 Å². The number of rotatable bonds is 10. The number of likely N-dealkylation sites (tertiary alicyclic amines) is 1. The molecule has 0 aromatic heterocycles. The van der Waals surface area contributed by atoms with Gasteiger partial charge in [0.05, 0.1) is 6.61 Å². The average molecular weight is 504 g/mol. The number of aryl methyl sites for hydroxylation is 1. The highest BCUT2D eigenvalue weighted by molar-refractivity contribution is 14.0. The molecular weight excluding hydrogens is 467 g/mol. The van der Waals surface area contributed by atoms with Crippen molar-refractivity contribution in [3.05, 3.63) is 29.3 Å². The van der Waals surface area contributed by atoms with Gasteiger partial charge in [-0.15, -0.1) is 24.0 Å². The fourth-order valence-corrected chi connectivity index (χ4v) is 3.21. The summed E-state index contributed by atoms with van der Waals surface area (Å²) in [6.07, 6.45) is 4.03. The van der Waals surface area contributed by atoms with Crippen molar-refractivity contribution < 1.29 is 9.47 Å². The fourth-order valence-electron chi connectivity index (χ4n) is 3.21. The van der Waals surface area contributed by atoms with Gasteiger partial charge >= 0.3 is 0 Å². The van der Waals surface area contributed by atoms with Crippen molar-refractivity contribution in [2.24, 2.45) is 4.99 Å². The van der Waals surface area contributed by atoms with E-state index >= 15 is 0 Å². The predicted molar refractivity (Wildman–Crippen MR) is 127 cm³/mol. The van der Waals surface area contributed by atoms with Crippen LogP contribution >= 0.6 is 24.0 Å². The monoisotopic (exact) mass is 504 g/mol. The summed E-state index contributed by atoms with van der Waals surface area (Å²) in [6, 6.07) is 6.30. The SMILES string of the molecule is CCOCCOc1cc(C)ccc1CNC(=NC)NCCN1CCCCC1.I. The summed E-state index contributed by atoms with van der Waals surface area (Å²) in [5.41, 5.74) is 2.31. The summed E-state index contributed by atoms with van der Waals surface area (Å²) in [5.74, 6) is 1.74. The molecule has 2 rings (SSSR count). The van der Waals surface area contributed by atoms with E-state index < -0.39 is 0 Å². The molecule has 160 valence electrons. The summed E-state index contributed by atoms with van der Waals surface area (Å²) in [6.45, 7) is 11.0. The first kappa shape index (κ1) is 25.0. The Morgan fingerprint density at radius 2 is 1.93 bits per heavy atom. The van der Waals surface area contributed by atoms with Gasteiger partial charge in [0.25, 0.3) is 0 Å². The van der Waals surface area contributed by atoms with Crippen LogP contribution in [-0.4, -0.2) is 63.9 Å². The van der Waals surface area contributed by atoms with Crippen LogP contribution in [0.25, 0.3) is 0 Å². The lowest BCUT2D eigenvalue weighted by atomic mass is 10.1. The third-order valence-corrected chi connectivity index (χ3v) is 4.75. The molecule has 0 atom stereocenters. The highest BCUT2D eigenvalue weighted by Crippen LogP contribution is 2.20. The van der Waals surface area contributed by atoms with Crippen LogP contribution in [-0.2, 0) is 11.3 Å². The van der Waals surface area contributed by atoms with Gasteiger partial charge in [-0.1, -0.05) is 18.6 Å². The molecule has 1 saturated heterocycles. The maximum absolute atomic E-state index is 5.91. The number of halogens is 1. The van der Waals surface area contributed by atoms with Gasteiger partial charge in [-0.3, -0.25) is 4.99 Å². The van der Waals surface area contributed by atoms with Crippen LogP contribution in [0.15, 0.2) is 23.2 Å². The molecule has 0 aliphatic carbocycles. The summed E-state index contributed by atoms with van der Waals surface area (Å²) >= 11 is 0. The van der Waals surface area contributed by atoms with Crippen LogP contribution < -0.4 is 15.4 Å². The Morgan fingerprint density at radius 1 is 1.14 bits per heavy atom. The fraction of sp³-hybridized carbons (Fsp3) is 0.667. The van der Waals surface area contributed by atoms with Gasteiger partial charge < -0.3 is 25.0 Å². The number of aliphatic imine (C=N–C) groups is 1. The molecule has 0 spiro atoms. The number of nitrogens with one attached hydrogen (secondary N) is 2. The lowest BCUT2D eigenvalue weighted by molar-refractivity contribution is 0.110. The first-order chi connectivity index (χ1) is 13.2. The van der Waals surface area contributed by atoms with E-state index in [1.54, 1.807) is 0 Å². The minimum Gasteiger partial charge on any atom is -0.491 e. The molecule has 1 aromatic rings. The van der Waals surface area contributed by atoms with Crippen LogP contribution in [0, 0.1) is 6.92 Å². The van der Waals surface area contributed by atoms with Gasteiger partial charge in [0.1, 0.15) is 12.4 Å². The Labute approximate surface area is 187 Å². The second-order valence-electron chi connectivity index (χ2n) is 6.91. The standard InChI is InChI=1S/C21H36N4O2.HI/c1-4-26-14-15-27-20-16-18(2)8-9-19(20)17-24-21(22-3)23-10-13-25-11-6-5-7-12-25;/h8-9,16H,4-7,10-15,17H2,1-3H3,(H2,22,23,24);1H. The van der Waals surface area contributed by atoms with E-state index in [0.29, 0.717) is 26.4 Å². The Balaban J connectivity index is 0.00000392. The number of guanidine groups is 1. The predicted octanol–water partition coefficient (Wildman–Crippen LogP) is 3.18. The Bertz CT molecular complexity index is 578. The van der Waals surface area contributed by atoms with E-state index in [9.17, 15) is 0 Å². The smallest absolute Gasteiger partial charge is 0.191 e. The number of hydrogen-bond acceptors (Lipinski definition) is 4. The van der Waals surface area contributed by atoms with E-state index in [4.69, 9.17) is 9.47 Å². The van der Waals surface area contributed by atoms with Gasteiger partial charge in [-0.05, 0) is 51.4 Å². The van der Waals surface area contributed by atoms with Crippen molar-refractivity contribution >= 4 is 29.9 Å². The zero-order valence-corrected chi connectivity index (χ0v) is 20.0. The minimum atomic E-state index is 0. The average Bonchev–Trinajstić information content (AvgIpc) is 2.69. The van der Waals surface area contributed by atoms with Crippen molar-refractivity contribution in [2.45, 2.75) is 39.7 Å². The van der Waals surface area contributed by atoms with Gasteiger partial charge in [0.15, 0.2) is 5.96 Å². The molecule has 1 aliphatic rings. The van der Waals surface area contributed by atoms with Gasteiger partial charge in [0.2, 0.25) is 0 Å². The van der Waals surface area contributed by atoms with Crippen LogP contribution in [0.3, 0.4) is 0 Å². The lowest BCUT2D eigenvalue weighted by Gasteiger charge is -2.26. The molecule has 1 aromatic carbocycles. The molecular formula is C21H37IN4O2. The summed E-state index contributed by atoms with van der Waals surface area (Å²) < 4.78 is 11.3. The maximum Gasteiger partial charge on any atom is 0.191 e. The van der Waals surface area contributed by atoms with Crippen molar-refractivity contribution in [1.82, 2.24) is 15.5 Å². The van der Waals surface area contributed by atoms with Crippen molar-refractivity contribution in [2.75, 3.05) is 53.0 Å². The van der Waals surface area contributed by atoms with Crippen molar-refractivity contribution in [3.63, 3.8) is 0 Å². The molecule has 6 nitrogen and oxygen atoms in total. The zero-order valence-electron chi connectivity index (χ0n) is 17.6. The Kier molecular flexibility index (Phi) is 13.3. The van der Waals surface area contributed by atoms with Crippen LogP contribution in [0.4, 0.5) is 0 Å². The van der Waals surface area contributed by atoms with Crippen LogP contribution in [0.5, 0.6) is 5.75 Å². The highest BCUT2D eigenvalue weighted by atomic mass is 127.